The number of carbonyl (C=O) groups excluding carboxylic acids is 2. The van der Waals surface area contributed by atoms with E-state index < -0.39 is 0 Å². The van der Waals surface area contributed by atoms with Crippen molar-refractivity contribution in [3.05, 3.63) is 84.0 Å². The molecule has 0 aliphatic heterocycles. The maximum absolute atomic E-state index is 12.3. The second-order valence-electron chi connectivity index (χ2n) is 5.97. The molecule has 0 aromatic heterocycles. The molecule has 27 heavy (non-hydrogen) atoms. The van der Waals surface area contributed by atoms with Gasteiger partial charge in [-0.15, -0.1) is 0 Å². The minimum absolute atomic E-state index is 0.0997. The van der Waals surface area contributed by atoms with Crippen molar-refractivity contribution >= 4 is 17.9 Å². The number of rotatable bonds is 8. The number of amides is 2. The third-order valence-corrected chi connectivity index (χ3v) is 3.91. The maximum atomic E-state index is 12.3. The molecule has 140 valence electrons. The van der Waals surface area contributed by atoms with E-state index in [1.807, 2.05) is 36.4 Å². The average Bonchev–Trinajstić information content (AvgIpc) is 2.71. The smallest absolute Gasteiger partial charge is 0.251 e. The Bertz CT molecular complexity index is 808. The van der Waals surface area contributed by atoms with E-state index >= 15 is 0 Å². The Kier molecular flexibility index (Phi) is 7.37. The van der Waals surface area contributed by atoms with Gasteiger partial charge in [0.15, 0.2) is 0 Å². The summed E-state index contributed by atoms with van der Waals surface area (Å²) in [7, 11) is 3.34. The van der Waals surface area contributed by atoms with Crippen LogP contribution in [0, 0.1) is 0 Å². The second kappa shape index (κ2) is 9.97. The van der Waals surface area contributed by atoms with Crippen molar-refractivity contribution in [3.8, 4) is 5.75 Å². The van der Waals surface area contributed by atoms with Crippen LogP contribution in [0.1, 0.15) is 21.5 Å². The molecule has 0 aliphatic rings. The minimum Gasteiger partial charge on any atom is -0.490 e. The van der Waals surface area contributed by atoms with Gasteiger partial charge >= 0.3 is 0 Å². The summed E-state index contributed by atoms with van der Waals surface area (Å²) in [5.74, 6) is 0.530. The van der Waals surface area contributed by atoms with E-state index in [9.17, 15) is 9.59 Å². The lowest BCUT2D eigenvalue weighted by molar-refractivity contribution is -0.125. The van der Waals surface area contributed by atoms with Crippen LogP contribution in [0.25, 0.3) is 6.08 Å². The van der Waals surface area contributed by atoms with Gasteiger partial charge in [0.25, 0.3) is 5.91 Å². The van der Waals surface area contributed by atoms with Crippen molar-refractivity contribution in [2.75, 3.05) is 20.7 Å². The predicted molar refractivity (Wildman–Crippen MR) is 107 cm³/mol. The number of hydrogen-bond donors (Lipinski definition) is 1. The Morgan fingerprint density at radius 2 is 1.78 bits per heavy atom. The molecule has 5 heteroatoms. The molecule has 0 spiro atoms. The number of ether oxygens (including phenoxy) is 1. The zero-order valence-corrected chi connectivity index (χ0v) is 15.6. The van der Waals surface area contributed by atoms with Gasteiger partial charge in [0.2, 0.25) is 5.91 Å². The van der Waals surface area contributed by atoms with Crippen molar-refractivity contribution in [2.45, 2.75) is 6.54 Å². The molecule has 5 nitrogen and oxygen atoms in total. The fourth-order valence-corrected chi connectivity index (χ4v) is 2.38. The molecular weight excluding hydrogens is 340 g/mol. The zero-order valence-electron chi connectivity index (χ0n) is 15.6. The number of nitrogens with one attached hydrogen (secondary N) is 1. The topological polar surface area (TPSA) is 58.6 Å². The summed E-state index contributed by atoms with van der Waals surface area (Å²) in [6.45, 7) is 4.53. The first-order valence-electron chi connectivity index (χ1n) is 8.61. The predicted octanol–water partition coefficient (Wildman–Crippen LogP) is 3.28. The molecule has 2 aromatic rings. The number of benzene rings is 2. The molecule has 2 rings (SSSR count). The Morgan fingerprint density at radius 3 is 2.37 bits per heavy atom. The van der Waals surface area contributed by atoms with E-state index in [1.165, 1.54) is 0 Å². The third-order valence-electron chi connectivity index (χ3n) is 3.91. The second-order valence-corrected chi connectivity index (χ2v) is 5.97. The van der Waals surface area contributed by atoms with E-state index in [1.54, 1.807) is 49.4 Å². The Morgan fingerprint density at radius 1 is 1.11 bits per heavy atom. The van der Waals surface area contributed by atoms with Crippen molar-refractivity contribution < 1.29 is 14.3 Å². The SMILES string of the molecule is C=CCOc1ccc(/C=C/C(=O)N(C)Cc2ccc(C(=O)NC)cc2)cc1. The molecule has 0 fully saturated rings. The minimum atomic E-state index is -0.130. The molecule has 0 atom stereocenters. The van der Waals surface area contributed by atoms with Crippen LogP contribution in [0.4, 0.5) is 0 Å². The highest BCUT2D eigenvalue weighted by Gasteiger charge is 2.07. The Balaban J connectivity index is 1.91. The first-order chi connectivity index (χ1) is 13.0. The van der Waals surface area contributed by atoms with Gasteiger partial charge < -0.3 is 15.0 Å². The summed E-state index contributed by atoms with van der Waals surface area (Å²) < 4.78 is 5.43. The standard InChI is InChI=1S/C22H24N2O3/c1-4-15-27-20-12-7-17(8-13-20)9-14-21(25)24(3)16-18-5-10-19(11-6-18)22(26)23-2/h4-14H,1,15-16H2,2-3H3,(H,23,26)/b14-9+. The van der Waals surface area contributed by atoms with Gasteiger partial charge in [-0.2, -0.15) is 0 Å². The van der Waals surface area contributed by atoms with Crippen LogP contribution in [0.5, 0.6) is 5.75 Å². The van der Waals surface area contributed by atoms with E-state index in [0.29, 0.717) is 18.7 Å². The quantitative estimate of drug-likeness (QED) is 0.578. The lowest BCUT2D eigenvalue weighted by Crippen LogP contribution is -2.24. The highest BCUT2D eigenvalue weighted by Crippen LogP contribution is 2.13. The summed E-state index contributed by atoms with van der Waals surface area (Å²) >= 11 is 0. The Hall–Kier alpha value is -3.34. The molecule has 0 bridgehead atoms. The van der Waals surface area contributed by atoms with Crippen LogP contribution in [0.2, 0.25) is 0 Å². The van der Waals surface area contributed by atoms with E-state index in [0.717, 1.165) is 16.9 Å². The number of likely N-dealkylation sites (N-methyl/N-ethyl adjacent to an activating group) is 1. The molecular formula is C22H24N2O3. The van der Waals surface area contributed by atoms with Crippen LogP contribution in [0.3, 0.4) is 0 Å². The third kappa shape index (κ3) is 6.15. The summed E-state index contributed by atoms with van der Waals surface area (Å²) in [5.41, 5.74) is 2.46. The first-order valence-corrected chi connectivity index (χ1v) is 8.61. The number of nitrogens with zero attached hydrogens (tertiary/aromatic N) is 1. The Labute approximate surface area is 160 Å². The van der Waals surface area contributed by atoms with Gasteiger partial charge in [0.05, 0.1) is 0 Å². The maximum Gasteiger partial charge on any atom is 0.251 e. The summed E-state index contributed by atoms with van der Waals surface area (Å²) in [4.78, 5) is 25.5. The normalized spacial score (nSPS) is 10.4. The molecule has 0 saturated carbocycles. The molecule has 0 radical (unpaired) electrons. The van der Waals surface area contributed by atoms with Gasteiger partial charge in [-0.1, -0.05) is 36.9 Å². The lowest BCUT2D eigenvalue weighted by atomic mass is 10.1. The molecule has 0 aliphatic carbocycles. The fraction of sp³-hybridized carbons (Fsp3) is 0.182. The monoisotopic (exact) mass is 364 g/mol. The number of hydrogen-bond acceptors (Lipinski definition) is 3. The summed E-state index contributed by atoms with van der Waals surface area (Å²) in [6, 6.07) is 14.7. The van der Waals surface area contributed by atoms with Crippen LogP contribution >= 0.6 is 0 Å². The average molecular weight is 364 g/mol. The molecule has 2 aromatic carbocycles. The van der Waals surface area contributed by atoms with Crippen molar-refractivity contribution in [1.82, 2.24) is 10.2 Å². The first kappa shape index (κ1) is 20.0. The summed E-state index contributed by atoms with van der Waals surface area (Å²) in [5, 5.41) is 2.58. The van der Waals surface area contributed by atoms with E-state index in [2.05, 4.69) is 11.9 Å². The molecule has 1 N–H and O–H groups in total. The van der Waals surface area contributed by atoms with Crippen molar-refractivity contribution in [2.24, 2.45) is 0 Å². The van der Waals surface area contributed by atoms with Crippen molar-refractivity contribution in [3.63, 3.8) is 0 Å². The highest BCUT2D eigenvalue weighted by molar-refractivity contribution is 5.94. The van der Waals surface area contributed by atoms with Crippen LogP contribution in [-0.2, 0) is 11.3 Å². The molecule has 0 unspecified atom stereocenters. The van der Waals surface area contributed by atoms with Gasteiger partial charge in [0.1, 0.15) is 12.4 Å². The largest absolute Gasteiger partial charge is 0.490 e. The summed E-state index contributed by atoms with van der Waals surface area (Å²) in [6.07, 6.45) is 5.00. The van der Waals surface area contributed by atoms with Crippen molar-refractivity contribution in [1.29, 1.82) is 0 Å². The van der Waals surface area contributed by atoms with E-state index in [-0.39, 0.29) is 11.8 Å². The molecule has 0 heterocycles. The molecule has 2 amide bonds. The highest BCUT2D eigenvalue weighted by atomic mass is 16.5. The van der Waals surface area contributed by atoms with E-state index in [4.69, 9.17) is 4.74 Å². The van der Waals surface area contributed by atoms with Gasteiger partial charge in [0, 0.05) is 32.3 Å². The zero-order chi connectivity index (χ0) is 19.6. The van der Waals surface area contributed by atoms with Crippen LogP contribution < -0.4 is 10.1 Å². The lowest BCUT2D eigenvalue weighted by Gasteiger charge is -2.15. The van der Waals surface area contributed by atoms with Gasteiger partial charge in [-0.3, -0.25) is 9.59 Å². The van der Waals surface area contributed by atoms with Gasteiger partial charge in [-0.25, -0.2) is 0 Å². The van der Waals surface area contributed by atoms with Gasteiger partial charge in [-0.05, 0) is 41.5 Å². The van der Waals surface area contributed by atoms with Crippen LogP contribution in [0.15, 0.2) is 67.3 Å². The van der Waals surface area contributed by atoms with Crippen LogP contribution in [-0.4, -0.2) is 37.4 Å². The fourth-order valence-electron chi connectivity index (χ4n) is 2.38. The number of carbonyl (C=O) groups is 2. The molecule has 0 saturated heterocycles.